The monoisotopic (exact) mass is 271 g/mol. The van der Waals surface area contributed by atoms with Crippen LogP contribution in [0.15, 0.2) is 30.3 Å². The molecule has 92 valence electrons. The SMILES string of the molecule is O=C(C(Cl)Cl)N1CCC(c2ccccc2)CC1. The molecule has 17 heavy (non-hydrogen) atoms. The lowest BCUT2D eigenvalue weighted by molar-refractivity contribution is -0.130. The first kappa shape index (κ1) is 12.7. The van der Waals surface area contributed by atoms with Crippen LogP contribution in [-0.4, -0.2) is 28.7 Å². The van der Waals surface area contributed by atoms with E-state index in [9.17, 15) is 4.79 Å². The number of hydrogen-bond donors (Lipinski definition) is 0. The van der Waals surface area contributed by atoms with Crippen molar-refractivity contribution in [2.75, 3.05) is 13.1 Å². The molecule has 1 aromatic carbocycles. The molecule has 4 heteroatoms. The molecule has 0 aromatic heterocycles. The predicted octanol–water partition coefficient (Wildman–Crippen LogP) is 3.20. The zero-order valence-corrected chi connectivity index (χ0v) is 11.0. The van der Waals surface area contributed by atoms with Gasteiger partial charge in [0.15, 0.2) is 4.84 Å². The van der Waals surface area contributed by atoms with Crippen LogP contribution in [0.1, 0.15) is 24.3 Å². The Morgan fingerprint density at radius 2 is 1.76 bits per heavy atom. The average Bonchev–Trinajstić information content (AvgIpc) is 2.39. The molecule has 1 aliphatic rings. The number of rotatable bonds is 2. The zero-order chi connectivity index (χ0) is 12.3. The molecule has 1 amide bonds. The number of piperidine rings is 1. The molecule has 0 spiro atoms. The van der Waals surface area contributed by atoms with E-state index >= 15 is 0 Å². The fourth-order valence-corrected chi connectivity index (χ4v) is 2.57. The summed E-state index contributed by atoms with van der Waals surface area (Å²) in [6.07, 6.45) is 1.96. The van der Waals surface area contributed by atoms with Gasteiger partial charge in [0.05, 0.1) is 0 Å². The summed E-state index contributed by atoms with van der Waals surface area (Å²) in [4.78, 5) is 12.4. The number of benzene rings is 1. The van der Waals surface area contributed by atoms with Gasteiger partial charge in [0, 0.05) is 13.1 Å². The number of nitrogens with zero attached hydrogens (tertiary/aromatic N) is 1. The maximum Gasteiger partial charge on any atom is 0.255 e. The predicted molar refractivity (Wildman–Crippen MR) is 70.5 cm³/mol. The minimum atomic E-state index is -0.928. The van der Waals surface area contributed by atoms with Crippen LogP contribution in [-0.2, 0) is 4.79 Å². The normalized spacial score (nSPS) is 17.5. The van der Waals surface area contributed by atoms with Crippen molar-refractivity contribution in [2.24, 2.45) is 0 Å². The topological polar surface area (TPSA) is 20.3 Å². The van der Waals surface area contributed by atoms with Crippen molar-refractivity contribution in [1.82, 2.24) is 4.90 Å². The van der Waals surface area contributed by atoms with E-state index in [1.54, 1.807) is 4.90 Å². The van der Waals surface area contributed by atoms with E-state index in [4.69, 9.17) is 23.2 Å². The molecule has 0 saturated carbocycles. The van der Waals surface area contributed by atoms with Crippen LogP contribution >= 0.6 is 23.2 Å². The second-order valence-corrected chi connectivity index (χ2v) is 5.41. The van der Waals surface area contributed by atoms with Crippen LogP contribution in [0, 0.1) is 0 Å². The van der Waals surface area contributed by atoms with Crippen LogP contribution in [0.25, 0.3) is 0 Å². The van der Waals surface area contributed by atoms with E-state index in [1.165, 1.54) is 5.56 Å². The number of amides is 1. The van der Waals surface area contributed by atoms with Crippen molar-refractivity contribution < 1.29 is 4.79 Å². The van der Waals surface area contributed by atoms with Gasteiger partial charge in [-0.25, -0.2) is 0 Å². The van der Waals surface area contributed by atoms with Gasteiger partial charge in [0.1, 0.15) is 0 Å². The van der Waals surface area contributed by atoms with Crippen molar-refractivity contribution in [3.8, 4) is 0 Å². The van der Waals surface area contributed by atoms with Gasteiger partial charge in [-0.3, -0.25) is 4.79 Å². The van der Waals surface area contributed by atoms with E-state index in [1.807, 2.05) is 6.07 Å². The van der Waals surface area contributed by atoms with E-state index < -0.39 is 4.84 Å². The van der Waals surface area contributed by atoms with Gasteiger partial charge in [-0.15, -0.1) is 0 Å². The maximum absolute atomic E-state index is 11.6. The Morgan fingerprint density at radius 3 is 2.29 bits per heavy atom. The first-order chi connectivity index (χ1) is 8.18. The van der Waals surface area contributed by atoms with Crippen molar-refractivity contribution in [3.05, 3.63) is 35.9 Å². The molecule has 0 atom stereocenters. The van der Waals surface area contributed by atoms with Gasteiger partial charge in [0.25, 0.3) is 5.91 Å². The van der Waals surface area contributed by atoms with Crippen molar-refractivity contribution in [3.63, 3.8) is 0 Å². The van der Waals surface area contributed by atoms with Gasteiger partial charge in [-0.1, -0.05) is 53.5 Å². The average molecular weight is 272 g/mol. The minimum absolute atomic E-state index is 0.167. The summed E-state index contributed by atoms with van der Waals surface area (Å²) in [5, 5.41) is 0. The summed E-state index contributed by atoms with van der Waals surface area (Å²) in [5.74, 6) is 0.379. The Hall–Kier alpha value is -0.730. The van der Waals surface area contributed by atoms with Crippen LogP contribution in [0.3, 0.4) is 0 Å². The van der Waals surface area contributed by atoms with Crippen LogP contribution < -0.4 is 0 Å². The lowest BCUT2D eigenvalue weighted by Crippen LogP contribution is -2.40. The molecule has 0 bridgehead atoms. The number of halogens is 2. The molecule has 0 aliphatic carbocycles. The summed E-state index contributed by atoms with van der Waals surface area (Å²) >= 11 is 11.2. The fourth-order valence-electron chi connectivity index (χ4n) is 2.30. The lowest BCUT2D eigenvalue weighted by Gasteiger charge is -2.32. The van der Waals surface area contributed by atoms with E-state index in [2.05, 4.69) is 24.3 Å². The van der Waals surface area contributed by atoms with Crippen LogP contribution in [0.2, 0.25) is 0 Å². The first-order valence-electron chi connectivity index (χ1n) is 5.80. The highest BCUT2D eigenvalue weighted by molar-refractivity contribution is 6.53. The third-order valence-electron chi connectivity index (χ3n) is 3.26. The molecule has 1 saturated heterocycles. The standard InChI is InChI=1S/C13H15Cl2NO/c14-12(15)13(17)16-8-6-11(7-9-16)10-4-2-1-3-5-10/h1-5,11-12H,6-9H2. The third-order valence-corrected chi connectivity index (χ3v) is 3.64. The highest BCUT2D eigenvalue weighted by Gasteiger charge is 2.26. The van der Waals surface area contributed by atoms with Crippen molar-refractivity contribution in [2.45, 2.75) is 23.6 Å². The van der Waals surface area contributed by atoms with E-state index in [0.717, 1.165) is 25.9 Å². The summed E-state index contributed by atoms with van der Waals surface area (Å²) in [7, 11) is 0. The molecule has 1 fully saturated rings. The molecule has 2 nitrogen and oxygen atoms in total. The van der Waals surface area contributed by atoms with Crippen LogP contribution in [0.5, 0.6) is 0 Å². The molecular formula is C13H15Cl2NO. The number of carbonyl (C=O) groups is 1. The Bertz CT molecular complexity index is 372. The third kappa shape index (κ3) is 3.14. The van der Waals surface area contributed by atoms with Gasteiger partial charge in [-0.2, -0.15) is 0 Å². The number of hydrogen-bond acceptors (Lipinski definition) is 1. The molecule has 0 N–H and O–H groups in total. The fraction of sp³-hybridized carbons (Fsp3) is 0.462. The van der Waals surface area contributed by atoms with Crippen LogP contribution in [0.4, 0.5) is 0 Å². The summed E-state index contributed by atoms with van der Waals surface area (Å²) in [6.45, 7) is 1.49. The van der Waals surface area contributed by atoms with Gasteiger partial charge < -0.3 is 4.90 Å². The van der Waals surface area contributed by atoms with E-state index in [-0.39, 0.29) is 5.91 Å². The van der Waals surface area contributed by atoms with Gasteiger partial charge in [0.2, 0.25) is 0 Å². The van der Waals surface area contributed by atoms with Crippen molar-refractivity contribution >= 4 is 29.1 Å². The number of likely N-dealkylation sites (tertiary alicyclic amines) is 1. The van der Waals surface area contributed by atoms with Crippen molar-refractivity contribution in [1.29, 1.82) is 0 Å². The molecule has 2 rings (SSSR count). The quantitative estimate of drug-likeness (QED) is 0.757. The Morgan fingerprint density at radius 1 is 1.18 bits per heavy atom. The zero-order valence-electron chi connectivity index (χ0n) is 9.48. The van der Waals surface area contributed by atoms with E-state index in [0.29, 0.717) is 5.92 Å². The largest absolute Gasteiger partial charge is 0.340 e. The number of carbonyl (C=O) groups excluding carboxylic acids is 1. The Kier molecular flexibility index (Phi) is 4.30. The molecule has 0 radical (unpaired) electrons. The first-order valence-corrected chi connectivity index (χ1v) is 6.67. The van der Waals surface area contributed by atoms with Gasteiger partial charge in [-0.05, 0) is 24.3 Å². The Labute approximate surface area is 112 Å². The highest BCUT2D eigenvalue weighted by Crippen LogP contribution is 2.28. The summed E-state index contributed by atoms with van der Waals surface area (Å²) < 4.78 is 0. The molecule has 1 heterocycles. The second-order valence-electron chi connectivity index (χ2n) is 4.31. The van der Waals surface area contributed by atoms with Gasteiger partial charge >= 0.3 is 0 Å². The Balaban J connectivity index is 1.93. The molecule has 1 aromatic rings. The maximum atomic E-state index is 11.6. The molecular weight excluding hydrogens is 257 g/mol. The minimum Gasteiger partial charge on any atom is -0.340 e. The molecule has 1 aliphatic heterocycles. The smallest absolute Gasteiger partial charge is 0.255 e. The summed E-state index contributed by atoms with van der Waals surface area (Å²) in [5.41, 5.74) is 1.35. The number of alkyl halides is 2. The second kappa shape index (κ2) is 5.74. The summed E-state index contributed by atoms with van der Waals surface area (Å²) in [6, 6.07) is 10.4. The molecule has 0 unspecified atom stereocenters. The highest BCUT2D eigenvalue weighted by atomic mass is 35.5. The lowest BCUT2D eigenvalue weighted by atomic mass is 9.89.